The lowest BCUT2D eigenvalue weighted by atomic mass is 9.87. The minimum absolute atomic E-state index is 0.0248. The molecule has 0 bridgehead atoms. The fourth-order valence-corrected chi connectivity index (χ4v) is 2.89. The predicted molar refractivity (Wildman–Crippen MR) is 78.9 cm³/mol. The van der Waals surface area contributed by atoms with Crippen molar-refractivity contribution in [2.75, 3.05) is 13.6 Å². The van der Waals surface area contributed by atoms with E-state index in [4.69, 9.17) is 0 Å². The Morgan fingerprint density at radius 1 is 1.17 bits per heavy atom. The first-order valence-corrected chi connectivity index (χ1v) is 8.34. The minimum Gasteiger partial charge on any atom is -0.208 e. The third-order valence-corrected chi connectivity index (χ3v) is 4.67. The maximum Gasteiger partial charge on any atom is 0.235 e. The van der Waals surface area contributed by atoms with Gasteiger partial charge in [-0.15, -0.1) is 0 Å². The molecule has 108 valence electrons. The van der Waals surface area contributed by atoms with Crippen LogP contribution in [0.3, 0.4) is 0 Å². The molecule has 0 aliphatic carbocycles. The van der Waals surface area contributed by atoms with Crippen LogP contribution in [0.25, 0.3) is 0 Å². The van der Waals surface area contributed by atoms with E-state index in [-0.39, 0.29) is 5.41 Å². The van der Waals surface area contributed by atoms with Crippen molar-refractivity contribution in [3.05, 3.63) is 12.0 Å². The number of nitrogens with zero attached hydrogens (tertiary/aromatic N) is 1. The van der Waals surface area contributed by atoms with Gasteiger partial charge in [-0.1, -0.05) is 59.5 Å². The monoisotopic (exact) mass is 275 g/mol. The van der Waals surface area contributed by atoms with Crippen LogP contribution in [-0.4, -0.2) is 26.3 Å². The summed E-state index contributed by atoms with van der Waals surface area (Å²) in [5, 5.41) is 1.02. The van der Waals surface area contributed by atoms with Crippen LogP contribution in [0.5, 0.6) is 0 Å². The van der Waals surface area contributed by atoms with Gasteiger partial charge in [0.25, 0.3) is 0 Å². The zero-order valence-corrected chi connectivity index (χ0v) is 13.2. The van der Waals surface area contributed by atoms with Crippen molar-refractivity contribution >= 4 is 10.0 Å². The van der Waals surface area contributed by atoms with E-state index >= 15 is 0 Å². The highest BCUT2D eigenvalue weighted by Gasteiger charge is 2.24. The first kappa shape index (κ1) is 17.6. The van der Waals surface area contributed by atoms with Crippen molar-refractivity contribution in [1.82, 2.24) is 4.31 Å². The molecule has 4 heteroatoms. The molecule has 0 fully saturated rings. The molecule has 0 heterocycles. The Labute approximate surface area is 113 Å². The van der Waals surface area contributed by atoms with Crippen LogP contribution in [0.2, 0.25) is 0 Å². The fourth-order valence-electron chi connectivity index (χ4n) is 2.11. The molecule has 0 saturated heterocycles. The average Bonchev–Trinajstić information content (AvgIpc) is 2.28. The largest absolute Gasteiger partial charge is 0.235 e. The van der Waals surface area contributed by atoms with Crippen LogP contribution in [0.1, 0.15) is 59.3 Å². The lowest BCUT2D eigenvalue weighted by Gasteiger charge is -2.29. The number of hydrogen-bond acceptors (Lipinski definition) is 2. The van der Waals surface area contributed by atoms with E-state index in [9.17, 15) is 8.42 Å². The van der Waals surface area contributed by atoms with Crippen LogP contribution in [0.4, 0.5) is 0 Å². The Bertz CT molecular complexity index is 334. The molecular weight excluding hydrogens is 246 g/mol. The fraction of sp³-hybridized carbons (Fsp3) is 0.857. The first-order valence-electron chi connectivity index (χ1n) is 6.84. The molecule has 0 saturated carbocycles. The van der Waals surface area contributed by atoms with Crippen molar-refractivity contribution in [3.8, 4) is 0 Å². The molecule has 0 aromatic heterocycles. The zero-order valence-electron chi connectivity index (χ0n) is 12.4. The SMILES string of the molecule is C=CS(=O)(=O)N(C)CC(C)(C)CCCCCCC. The third-order valence-electron chi connectivity index (χ3n) is 3.25. The smallest absolute Gasteiger partial charge is 0.208 e. The van der Waals surface area contributed by atoms with Gasteiger partial charge in [-0.25, -0.2) is 12.7 Å². The predicted octanol–water partition coefficient (Wildman–Crippen LogP) is 3.78. The summed E-state index contributed by atoms with van der Waals surface area (Å²) in [4.78, 5) is 0. The second-order valence-electron chi connectivity index (χ2n) is 5.80. The maximum absolute atomic E-state index is 11.6. The van der Waals surface area contributed by atoms with Gasteiger partial charge < -0.3 is 0 Å². The van der Waals surface area contributed by atoms with E-state index in [1.54, 1.807) is 7.05 Å². The van der Waals surface area contributed by atoms with Crippen LogP contribution < -0.4 is 0 Å². The van der Waals surface area contributed by atoms with Gasteiger partial charge in [0.1, 0.15) is 0 Å². The van der Waals surface area contributed by atoms with Crippen molar-refractivity contribution in [1.29, 1.82) is 0 Å². The van der Waals surface area contributed by atoms with Gasteiger partial charge in [-0.05, 0) is 11.8 Å². The van der Waals surface area contributed by atoms with Gasteiger partial charge >= 0.3 is 0 Å². The molecule has 18 heavy (non-hydrogen) atoms. The number of rotatable bonds is 10. The molecule has 0 atom stereocenters. The highest BCUT2D eigenvalue weighted by molar-refractivity contribution is 7.91. The quantitative estimate of drug-likeness (QED) is 0.569. The van der Waals surface area contributed by atoms with E-state index in [0.717, 1.165) is 11.8 Å². The summed E-state index contributed by atoms with van der Waals surface area (Å²) in [5.41, 5.74) is 0.0248. The molecule has 0 N–H and O–H groups in total. The third kappa shape index (κ3) is 7.17. The summed E-state index contributed by atoms with van der Waals surface area (Å²) in [5.74, 6) is 0. The molecule has 0 amide bonds. The van der Waals surface area contributed by atoms with Gasteiger partial charge in [0.2, 0.25) is 10.0 Å². The van der Waals surface area contributed by atoms with E-state index in [1.165, 1.54) is 36.4 Å². The van der Waals surface area contributed by atoms with Crippen molar-refractivity contribution in [3.63, 3.8) is 0 Å². The Morgan fingerprint density at radius 3 is 2.22 bits per heavy atom. The highest BCUT2D eigenvalue weighted by Crippen LogP contribution is 2.26. The molecule has 3 nitrogen and oxygen atoms in total. The molecule has 0 rings (SSSR count). The zero-order chi connectivity index (χ0) is 14.2. The van der Waals surface area contributed by atoms with E-state index in [2.05, 4.69) is 27.4 Å². The number of unbranched alkanes of at least 4 members (excludes halogenated alkanes) is 4. The number of hydrogen-bond donors (Lipinski definition) is 0. The van der Waals surface area contributed by atoms with Gasteiger partial charge in [0, 0.05) is 19.0 Å². The molecular formula is C14H29NO2S. The first-order chi connectivity index (χ1) is 8.25. The van der Waals surface area contributed by atoms with Gasteiger partial charge in [-0.3, -0.25) is 0 Å². The Morgan fingerprint density at radius 2 is 1.72 bits per heavy atom. The lowest BCUT2D eigenvalue weighted by Crippen LogP contribution is -2.34. The second kappa shape index (κ2) is 7.95. The molecule has 0 aliphatic rings. The summed E-state index contributed by atoms with van der Waals surface area (Å²) in [7, 11) is -1.65. The number of sulfonamides is 1. The molecule has 0 spiro atoms. The molecule has 0 unspecified atom stereocenters. The minimum atomic E-state index is -3.27. The van der Waals surface area contributed by atoms with Crippen molar-refractivity contribution < 1.29 is 8.42 Å². The van der Waals surface area contributed by atoms with Crippen LogP contribution in [0.15, 0.2) is 12.0 Å². The van der Waals surface area contributed by atoms with Crippen LogP contribution in [0, 0.1) is 5.41 Å². The van der Waals surface area contributed by atoms with Gasteiger partial charge in [0.15, 0.2) is 0 Å². The topological polar surface area (TPSA) is 37.4 Å². The van der Waals surface area contributed by atoms with E-state index < -0.39 is 10.0 Å². The molecule has 0 aromatic rings. The summed E-state index contributed by atoms with van der Waals surface area (Å²) < 4.78 is 24.6. The van der Waals surface area contributed by atoms with E-state index in [0.29, 0.717) is 6.54 Å². The normalized spacial score (nSPS) is 12.9. The Hall–Kier alpha value is -0.350. The standard InChI is InChI=1S/C14H29NO2S/c1-6-8-9-10-11-12-14(3,4)13-15(5)18(16,17)7-2/h7H,2,6,8-13H2,1,3-5H3. The van der Waals surface area contributed by atoms with Crippen LogP contribution in [-0.2, 0) is 10.0 Å². The second-order valence-corrected chi connectivity index (χ2v) is 7.78. The summed E-state index contributed by atoms with van der Waals surface area (Å²) in [6.45, 7) is 10.4. The van der Waals surface area contributed by atoms with Crippen molar-refractivity contribution in [2.24, 2.45) is 5.41 Å². The summed E-state index contributed by atoms with van der Waals surface area (Å²) in [6, 6.07) is 0. The lowest BCUT2D eigenvalue weighted by molar-refractivity contribution is 0.256. The van der Waals surface area contributed by atoms with Gasteiger partial charge in [0.05, 0.1) is 0 Å². The molecule has 0 aromatic carbocycles. The van der Waals surface area contributed by atoms with E-state index in [1.807, 2.05) is 0 Å². The van der Waals surface area contributed by atoms with Crippen molar-refractivity contribution in [2.45, 2.75) is 59.3 Å². The van der Waals surface area contributed by atoms with Crippen LogP contribution >= 0.6 is 0 Å². The molecule has 0 aliphatic heterocycles. The molecule has 0 radical (unpaired) electrons. The van der Waals surface area contributed by atoms with Gasteiger partial charge in [-0.2, -0.15) is 0 Å². The summed E-state index contributed by atoms with van der Waals surface area (Å²) >= 11 is 0. The average molecular weight is 275 g/mol. The maximum atomic E-state index is 11.6. The Balaban J connectivity index is 4.11. The Kier molecular flexibility index (Phi) is 7.79. The highest BCUT2D eigenvalue weighted by atomic mass is 32.2. The summed E-state index contributed by atoms with van der Waals surface area (Å²) in [6.07, 6.45) is 7.32.